The van der Waals surface area contributed by atoms with Crippen molar-refractivity contribution in [3.8, 4) is 11.5 Å². The molecule has 25 heavy (non-hydrogen) atoms. The molecule has 6 nitrogen and oxygen atoms in total. The molecule has 0 unspecified atom stereocenters. The van der Waals surface area contributed by atoms with E-state index in [1.807, 2.05) is 0 Å². The summed E-state index contributed by atoms with van der Waals surface area (Å²) < 4.78 is 15.5. The van der Waals surface area contributed by atoms with Crippen LogP contribution in [-0.2, 0) is 14.3 Å². The van der Waals surface area contributed by atoms with Crippen molar-refractivity contribution >= 4 is 17.6 Å². The van der Waals surface area contributed by atoms with Crippen LogP contribution in [0.3, 0.4) is 0 Å². The van der Waals surface area contributed by atoms with Crippen molar-refractivity contribution in [2.24, 2.45) is 17.8 Å². The number of carbonyl (C=O) groups is 2. The van der Waals surface area contributed by atoms with Gasteiger partial charge in [0.25, 0.3) is 5.91 Å². The van der Waals surface area contributed by atoms with E-state index in [9.17, 15) is 9.59 Å². The molecule has 0 radical (unpaired) electrons. The van der Waals surface area contributed by atoms with Crippen LogP contribution in [0.5, 0.6) is 11.5 Å². The minimum Gasteiger partial charge on any atom is -0.497 e. The number of hydrogen-bond donors (Lipinski definition) is 1. The number of carbonyl (C=O) groups excluding carboxylic acids is 2. The summed E-state index contributed by atoms with van der Waals surface area (Å²) in [6.45, 7) is -0.283. The maximum Gasteiger partial charge on any atom is 0.306 e. The van der Waals surface area contributed by atoms with Gasteiger partial charge in [0.1, 0.15) is 11.5 Å². The van der Waals surface area contributed by atoms with Gasteiger partial charge in [0.05, 0.1) is 19.9 Å². The average molecular weight is 347 g/mol. The van der Waals surface area contributed by atoms with E-state index in [4.69, 9.17) is 14.2 Å². The van der Waals surface area contributed by atoms with E-state index in [2.05, 4.69) is 5.32 Å². The highest BCUT2D eigenvalue weighted by Crippen LogP contribution is 2.49. The highest BCUT2D eigenvalue weighted by Gasteiger charge is 2.40. The zero-order chi connectivity index (χ0) is 17.8. The first-order chi connectivity index (χ1) is 12.1. The molecular formula is C19H25NO5. The van der Waals surface area contributed by atoms with Gasteiger partial charge < -0.3 is 19.5 Å². The fourth-order valence-corrected chi connectivity index (χ4v) is 4.13. The maximum atomic E-state index is 12.0. The zero-order valence-electron chi connectivity index (χ0n) is 14.7. The molecule has 3 atom stereocenters. The number of hydrogen-bond acceptors (Lipinski definition) is 5. The van der Waals surface area contributed by atoms with Gasteiger partial charge in [0.2, 0.25) is 0 Å². The molecule has 0 heterocycles. The lowest BCUT2D eigenvalue weighted by molar-refractivity contribution is -0.148. The molecule has 0 saturated heterocycles. The first kappa shape index (κ1) is 17.6. The number of methoxy groups -OCH3 is 2. The molecule has 2 bridgehead atoms. The summed E-state index contributed by atoms with van der Waals surface area (Å²) in [5, 5.41) is 2.69. The molecule has 1 amide bonds. The molecular weight excluding hydrogens is 322 g/mol. The Morgan fingerprint density at radius 2 is 2.00 bits per heavy atom. The van der Waals surface area contributed by atoms with Gasteiger partial charge >= 0.3 is 5.97 Å². The van der Waals surface area contributed by atoms with E-state index >= 15 is 0 Å². The molecule has 2 saturated carbocycles. The molecule has 3 rings (SSSR count). The van der Waals surface area contributed by atoms with E-state index in [1.54, 1.807) is 25.3 Å². The van der Waals surface area contributed by atoms with Crippen LogP contribution in [-0.4, -0.2) is 32.7 Å². The smallest absolute Gasteiger partial charge is 0.306 e. The van der Waals surface area contributed by atoms with Crippen LogP contribution in [0, 0.1) is 17.8 Å². The van der Waals surface area contributed by atoms with Crippen molar-refractivity contribution in [2.75, 3.05) is 26.1 Å². The largest absolute Gasteiger partial charge is 0.497 e. The van der Waals surface area contributed by atoms with Gasteiger partial charge in [-0.15, -0.1) is 0 Å². The van der Waals surface area contributed by atoms with Crippen LogP contribution in [0.15, 0.2) is 18.2 Å². The summed E-state index contributed by atoms with van der Waals surface area (Å²) in [6.07, 6.45) is 5.37. The number of amides is 1. The number of rotatable bonds is 7. The molecule has 1 N–H and O–H groups in total. The number of ether oxygens (including phenoxy) is 3. The Bertz CT molecular complexity index is 645. The average Bonchev–Trinajstić information content (AvgIpc) is 3.23. The van der Waals surface area contributed by atoms with Gasteiger partial charge in [-0.25, -0.2) is 0 Å². The molecule has 2 aliphatic carbocycles. The second-order valence-electron chi connectivity index (χ2n) is 6.91. The van der Waals surface area contributed by atoms with Gasteiger partial charge in [0.15, 0.2) is 6.61 Å². The molecule has 0 aliphatic heterocycles. The Hall–Kier alpha value is -2.24. The third-order valence-corrected chi connectivity index (χ3v) is 5.36. The van der Waals surface area contributed by atoms with Crippen molar-refractivity contribution in [3.05, 3.63) is 18.2 Å². The monoisotopic (exact) mass is 347 g/mol. The summed E-state index contributed by atoms with van der Waals surface area (Å²) >= 11 is 0. The van der Waals surface area contributed by atoms with Crippen molar-refractivity contribution in [1.29, 1.82) is 0 Å². The molecule has 1 aromatic rings. The van der Waals surface area contributed by atoms with Crippen LogP contribution in [0.1, 0.15) is 32.1 Å². The number of fused-ring (bicyclic) bond motifs is 2. The summed E-state index contributed by atoms with van der Waals surface area (Å²) in [6, 6.07) is 5.09. The Kier molecular flexibility index (Phi) is 5.46. The minimum atomic E-state index is -0.384. The van der Waals surface area contributed by atoms with Crippen LogP contribution in [0.25, 0.3) is 0 Å². The van der Waals surface area contributed by atoms with Crippen LogP contribution in [0.2, 0.25) is 0 Å². The SMILES string of the molecule is COc1ccc(NC(=O)COC(=O)C[C@@H]2C[C@@H]3CC[C@@H]2C3)c(OC)c1. The van der Waals surface area contributed by atoms with Crippen LogP contribution >= 0.6 is 0 Å². The van der Waals surface area contributed by atoms with Crippen LogP contribution in [0.4, 0.5) is 5.69 Å². The Morgan fingerprint density at radius 3 is 2.64 bits per heavy atom. The Balaban J connectivity index is 1.45. The predicted molar refractivity (Wildman–Crippen MR) is 92.7 cm³/mol. The first-order valence-electron chi connectivity index (χ1n) is 8.76. The highest BCUT2D eigenvalue weighted by atomic mass is 16.5. The second kappa shape index (κ2) is 7.76. The number of esters is 1. The van der Waals surface area contributed by atoms with Gasteiger partial charge in [-0.2, -0.15) is 0 Å². The molecule has 2 aliphatic rings. The van der Waals surface area contributed by atoms with Crippen molar-refractivity contribution < 1.29 is 23.8 Å². The van der Waals surface area contributed by atoms with E-state index in [-0.39, 0.29) is 18.5 Å². The highest BCUT2D eigenvalue weighted by molar-refractivity contribution is 5.94. The Morgan fingerprint density at radius 1 is 1.16 bits per heavy atom. The summed E-state index contributed by atoms with van der Waals surface area (Å²) in [4.78, 5) is 24.0. The Labute approximate surface area is 147 Å². The predicted octanol–water partition coefficient (Wildman–Crippen LogP) is 3.01. The lowest BCUT2D eigenvalue weighted by atomic mass is 9.86. The third kappa shape index (κ3) is 4.24. The summed E-state index contributed by atoms with van der Waals surface area (Å²) in [5.41, 5.74) is 0.512. The number of nitrogens with one attached hydrogen (secondary N) is 1. The van der Waals surface area contributed by atoms with Crippen molar-refractivity contribution in [2.45, 2.75) is 32.1 Å². The normalized spacial score (nSPS) is 24.0. The van der Waals surface area contributed by atoms with Crippen molar-refractivity contribution in [1.82, 2.24) is 0 Å². The molecule has 0 spiro atoms. The summed E-state index contributed by atoms with van der Waals surface area (Å²) in [7, 11) is 3.07. The van der Waals surface area contributed by atoms with Gasteiger partial charge in [-0.1, -0.05) is 6.42 Å². The third-order valence-electron chi connectivity index (χ3n) is 5.36. The van der Waals surface area contributed by atoms with E-state index in [0.717, 1.165) is 12.3 Å². The lowest BCUT2D eigenvalue weighted by Gasteiger charge is -2.20. The van der Waals surface area contributed by atoms with Crippen molar-refractivity contribution in [3.63, 3.8) is 0 Å². The topological polar surface area (TPSA) is 73.9 Å². The minimum absolute atomic E-state index is 0.283. The van der Waals surface area contributed by atoms with Gasteiger partial charge in [-0.05, 0) is 49.1 Å². The molecule has 2 fully saturated rings. The standard InChI is InChI=1S/C19H25NO5/c1-23-15-5-6-16(17(10-15)24-2)20-18(21)11-25-19(22)9-14-8-12-3-4-13(14)7-12/h5-6,10,12-14H,3-4,7-9,11H2,1-2H3,(H,20,21)/t12-,13-,14+/m1/s1. The fourth-order valence-electron chi connectivity index (χ4n) is 4.13. The first-order valence-corrected chi connectivity index (χ1v) is 8.76. The van der Waals surface area contributed by atoms with E-state index in [1.165, 1.54) is 26.4 Å². The molecule has 6 heteroatoms. The zero-order valence-corrected chi connectivity index (χ0v) is 14.7. The van der Waals surface area contributed by atoms with Gasteiger partial charge in [0, 0.05) is 12.5 Å². The maximum absolute atomic E-state index is 12.0. The molecule has 0 aromatic heterocycles. The second-order valence-corrected chi connectivity index (χ2v) is 6.91. The lowest BCUT2D eigenvalue weighted by Crippen LogP contribution is -2.23. The van der Waals surface area contributed by atoms with Gasteiger partial charge in [-0.3, -0.25) is 9.59 Å². The fraction of sp³-hybridized carbons (Fsp3) is 0.579. The molecule has 136 valence electrons. The quantitative estimate of drug-likeness (QED) is 0.768. The number of anilines is 1. The van der Waals surface area contributed by atoms with E-state index < -0.39 is 0 Å². The van der Waals surface area contributed by atoms with E-state index in [0.29, 0.717) is 35.4 Å². The number of benzene rings is 1. The summed E-state index contributed by atoms with van der Waals surface area (Å²) in [5.74, 6) is 2.37. The van der Waals surface area contributed by atoms with Crippen LogP contribution < -0.4 is 14.8 Å². The molecule has 1 aromatic carbocycles.